The van der Waals surface area contributed by atoms with Gasteiger partial charge < -0.3 is 9.88 Å². The molecule has 1 aromatic heterocycles. The van der Waals surface area contributed by atoms with Gasteiger partial charge in [-0.1, -0.05) is 57.2 Å². The summed E-state index contributed by atoms with van der Waals surface area (Å²) in [6, 6.07) is 14.1. The van der Waals surface area contributed by atoms with Gasteiger partial charge in [0, 0.05) is 18.7 Å². The van der Waals surface area contributed by atoms with Crippen molar-refractivity contribution in [2.24, 2.45) is 5.92 Å². The van der Waals surface area contributed by atoms with Crippen LogP contribution in [0.5, 0.6) is 0 Å². The molecule has 1 N–H and O–H groups in total. The van der Waals surface area contributed by atoms with Crippen molar-refractivity contribution in [3.05, 3.63) is 58.4 Å². The van der Waals surface area contributed by atoms with Gasteiger partial charge in [0.05, 0.1) is 5.69 Å². The summed E-state index contributed by atoms with van der Waals surface area (Å²) in [5.74, 6) is 0.585. The lowest BCUT2D eigenvalue weighted by Gasteiger charge is -2.15. The van der Waals surface area contributed by atoms with E-state index in [4.69, 9.17) is 0 Å². The summed E-state index contributed by atoms with van der Waals surface area (Å²) in [4.78, 5) is 12.8. The minimum Gasteiger partial charge on any atom is -0.312 e. The maximum absolute atomic E-state index is 12.8. The van der Waals surface area contributed by atoms with Gasteiger partial charge in [-0.25, -0.2) is 0 Å². The Balaban J connectivity index is 2.33. The average Bonchev–Trinajstić information content (AvgIpc) is 2.51. The SMILES string of the molecule is CCCn1c(-c2ccccc2)ccc(CNCC(C)C)c1=O. The standard InChI is InChI=1S/C19H26N2O/c1-4-12-21-18(16-8-6-5-7-9-16)11-10-17(19(21)22)14-20-13-15(2)3/h5-11,15,20H,4,12-14H2,1-3H3. The van der Waals surface area contributed by atoms with Crippen molar-refractivity contribution in [3.8, 4) is 11.3 Å². The number of nitrogens with one attached hydrogen (secondary N) is 1. The lowest BCUT2D eigenvalue weighted by molar-refractivity contribution is 0.547. The molecule has 2 rings (SSSR count). The van der Waals surface area contributed by atoms with Crippen molar-refractivity contribution in [2.45, 2.75) is 40.3 Å². The quantitative estimate of drug-likeness (QED) is 0.846. The van der Waals surface area contributed by atoms with Gasteiger partial charge in [0.1, 0.15) is 0 Å². The van der Waals surface area contributed by atoms with Crippen molar-refractivity contribution >= 4 is 0 Å². The molecule has 0 spiro atoms. The predicted molar refractivity (Wildman–Crippen MR) is 93.0 cm³/mol. The lowest BCUT2D eigenvalue weighted by atomic mass is 10.1. The fourth-order valence-corrected chi connectivity index (χ4v) is 2.56. The summed E-state index contributed by atoms with van der Waals surface area (Å²) in [6.45, 7) is 8.75. The predicted octanol–water partition coefficient (Wildman–Crippen LogP) is 3.67. The Morgan fingerprint density at radius 1 is 1.09 bits per heavy atom. The van der Waals surface area contributed by atoms with Crippen molar-refractivity contribution in [2.75, 3.05) is 6.54 Å². The number of pyridine rings is 1. The minimum absolute atomic E-state index is 0.124. The van der Waals surface area contributed by atoms with Gasteiger partial charge in [-0.3, -0.25) is 4.79 Å². The fourth-order valence-electron chi connectivity index (χ4n) is 2.56. The van der Waals surface area contributed by atoms with Crippen LogP contribution in [0, 0.1) is 5.92 Å². The van der Waals surface area contributed by atoms with Gasteiger partial charge in [-0.05, 0) is 30.5 Å². The first kappa shape index (κ1) is 16.5. The highest BCUT2D eigenvalue weighted by atomic mass is 16.1. The molecule has 0 aliphatic rings. The molecular weight excluding hydrogens is 272 g/mol. The molecule has 0 aliphatic heterocycles. The third-order valence-electron chi connectivity index (χ3n) is 3.64. The van der Waals surface area contributed by atoms with Crippen LogP contribution >= 0.6 is 0 Å². The maximum Gasteiger partial charge on any atom is 0.255 e. The molecule has 22 heavy (non-hydrogen) atoms. The molecule has 1 aromatic carbocycles. The molecule has 3 nitrogen and oxygen atoms in total. The first-order valence-electron chi connectivity index (χ1n) is 8.12. The van der Waals surface area contributed by atoms with Crippen LogP contribution in [0.3, 0.4) is 0 Å². The molecule has 118 valence electrons. The summed E-state index contributed by atoms with van der Waals surface area (Å²) < 4.78 is 1.90. The number of rotatable bonds is 7. The number of nitrogens with zero attached hydrogens (tertiary/aromatic N) is 1. The number of aromatic nitrogens is 1. The molecule has 2 aromatic rings. The van der Waals surface area contributed by atoms with Gasteiger partial charge in [0.2, 0.25) is 0 Å². The average molecular weight is 298 g/mol. The zero-order chi connectivity index (χ0) is 15.9. The number of hydrogen-bond donors (Lipinski definition) is 1. The smallest absolute Gasteiger partial charge is 0.255 e. The van der Waals surface area contributed by atoms with Gasteiger partial charge in [-0.2, -0.15) is 0 Å². The van der Waals surface area contributed by atoms with E-state index in [2.05, 4.69) is 44.3 Å². The third kappa shape index (κ3) is 4.08. The Bertz CT molecular complexity index is 644. The van der Waals surface area contributed by atoms with E-state index in [9.17, 15) is 4.79 Å². The van der Waals surface area contributed by atoms with Gasteiger partial charge in [0.15, 0.2) is 0 Å². The van der Waals surface area contributed by atoms with Gasteiger partial charge >= 0.3 is 0 Å². The molecule has 0 saturated carbocycles. The molecule has 0 fully saturated rings. The lowest BCUT2D eigenvalue weighted by Crippen LogP contribution is -2.29. The highest BCUT2D eigenvalue weighted by molar-refractivity contribution is 5.59. The van der Waals surface area contributed by atoms with Crippen molar-refractivity contribution in [1.82, 2.24) is 9.88 Å². The maximum atomic E-state index is 12.8. The molecule has 0 aliphatic carbocycles. The first-order valence-corrected chi connectivity index (χ1v) is 8.12. The Kier molecular flexibility index (Phi) is 5.96. The summed E-state index contributed by atoms with van der Waals surface area (Å²) in [7, 11) is 0. The van der Waals surface area contributed by atoms with E-state index in [0.29, 0.717) is 12.5 Å². The van der Waals surface area contributed by atoms with Crippen LogP contribution in [0.1, 0.15) is 32.8 Å². The summed E-state index contributed by atoms with van der Waals surface area (Å²) in [6.07, 6.45) is 0.947. The topological polar surface area (TPSA) is 34.0 Å². The normalized spacial score (nSPS) is 11.1. The van der Waals surface area contributed by atoms with Crippen LogP contribution in [0.15, 0.2) is 47.3 Å². The van der Waals surface area contributed by atoms with E-state index in [1.165, 1.54) is 0 Å². The van der Waals surface area contributed by atoms with Crippen LogP contribution in [0.4, 0.5) is 0 Å². The zero-order valence-corrected chi connectivity index (χ0v) is 13.8. The van der Waals surface area contributed by atoms with E-state index in [0.717, 1.165) is 36.3 Å². The molecule has 0 bridgehead atoms. The van der Waals surface area contributed by atoms with E-state index >= 15 is 0 Å². The summed E-state index contributed by atoms with van der Waals surface area (Å²) >= 11 is 0. The molecule has 0 unspecified atom stereocenters. The first-order chi connectivity index (χ1) is 10.6. The second kappa shape index (κ2) is 7.95. The fraction of sp³-hybridized carbons (Fsp3) is 0.421. The monoisotopic (exact) mass is 298 g/mol. The van der Waals surface area contributed by atoms with E-state index in [1.807, 2.05) is 28.8 Å². The van der Waals surface area contributed by atoms with Crippen molar-refractivity contribution < 1.29 is 0 Å². The Morgan fingerprint density at radius 2 is 1.82 bits per heavy atom. The molecular formula is C19H26N2O. The van der Waals surface area contributed by atoms with Crippen LogP contribution in [0.2, 0.25) is 0 Å². The third-order valence-corrected chi connectivity index (χ3v) is 3.64. The Hall–Kier alpha value is -1.87. The second-order valence-electron chi connectivity index (χ2n) is 6.09. The minimum atomic E-state index is 0.124. The second-order valence-corrected chi connectivity index (χ2v) is 6.09. The van der Waals surface area contributed by atoms with Crippen molar-refractivity contribution in [3.63, 3.8) is 0 Å². The molecule has 0 radical (unpaired) electrons. The molecule has 3 heteroatoms. The van der Waals surface area contributed by atoms with Crippen LogP contribution in [0.25, 0.3) is 11.3 Å². The van der Waals surface area contributed by atoms with Crippen LogP contribution in [-0.4, -0.2) is 11.1 Å². The molecule has 0 amide bonds. The molecule has 0 atom stereocenters. The molecule has 1 heterocycles. The number of benzene rings is 1. The largest absolute Gasteiger partial charge is 0.312 e. The summed E-state index contributed by atoms with van der Waals surface area (Å²) in [5, 5.41) is 3.36. The van der Waals surface area contributed by atoms with Gasteiger partial charge in [-0.15, -0.1) is 0 Å². The Labute approximate surface area is 133 Å². The summed E-state index contributed by atoms with van der Waals surface area (Å²) in [5.41, 5.74) is 3.06. The van der Waals surface area contributed by atoms with Crippen molar-refractivity contribution in [1.29, 1.82) is 0 Å². The highest BCUT2D eigenvalue weighted by Crippen LogP contribution is 2.18. The molecule has 0 saturated heterocycles. The number of hydrogen-bond acceptors (Lipinski definition) is 2. The Morgan fingerprint density at radius 3 is 2.45 bits per heavy atom. The van der Waals surface area contributed by atoms with E-state index in [1.54, 1.807) is 0 Å². The van der Waals surface area contributed by atoms with Gasteiger partial charge in [0.25, 0.3) is 5.56 Å². The van der Waals surface area contributed by atoms with E-state index < -0.39 is 0 Å². The van der Waals surface area contributed by atoms with E-state index in [-0.39, 0.29) is 5.56 Å². The highest BCUT2D eigenvalue weighted by Gasteiger charge is 2.09. The van der Waals surface area contributed by atoms with Crippen LogP contribution in [-0.2, 0) is 13.1 Å². The zero-order valence-electron chi connectivity index (χ0n) is 13.8. The van der Waals surface area contributed by atoms with Crippen LogP contribution < -0.4 is 10.9 Å².